The summed E-state index contributed by atoms with van der Waals surface area (Å²) >= 11 is 1.42. The van der Waals surface area contributed by atoms with Crippen LogP contribution in [0.3, 0.4) is 0 Å². The number of methoxy groups -OCH3 is 1. The molecule has 0 unspecified atom stereocenters. The van der Waals surface area contributed by atoms with Crippen molar-refractivity contribution < 1.29 is 9.53 Å². The summed E-state index contributed by atoms with van der Waals surface area (Å²) in [4.78, 5) is 16.2. The van der Waals surface area contributed by atoms with Gasteiger partial charge >= 0.3 is 0 Å². The lowest BCUT2D eigenvalue weighted by atomic mass is 10.1. The lowest BCUT2D eigenvalue weighted by molar-refractivity contribution is -0.116. The Morgan fingerprint density at radius 1 is 1.40 bits per heavy atom. The second kappa shape index (κ2) is 6.52. The number of carbonyl (C=O) groups is 1. The van der Waals surface area contributed by atoms with E-state index in [0.29, 0.717) is 17.5 Å². The maximum absolute atomic E-state index is 11.7. The molecule has 5 heteroatoms. The molecule has 0 saturated carbocycles. The molecule has 0 radical (unpaired) electrons. The van der Waals surface area contributed by atoms with Gasteiger partial charge in [0.05, 0.1) is 12.8 Å². The number of thiazole rings is 1. The number of ether oxygens (including phenoxy) is 1. The van der Waals surface area contributed by atoms with E-state index in [2.05, 4.69) is 10.3 Å². The fourth-order valence-electron chi connectivity index (χ4n) is 1.85. The zero-order valence-electron chi connectivity index (χ0n) is 11.8. The highest BCUT2D eigenvalue weighted by molar-refractivity contribution is 7.14. The third-order valence-electron chi connectivity index (χ3n) is 2.73. The van der Waals surface area contributed by atoms with Crippen molar-refractivity contribution in [1.29, 1.82) is 0 Å². The average molecular weight is 290 g/mol. The lowest BCUT2D eigenvalue weighted by Gasteiger charge is -2.05. The van der Waals surface area contributed by atoms with E-state index in [9.17, 15) is 4.79 Å². The molecule has 1 heterocycles. The Labute approximate surface area is 122 Å². The van der Waals surface area contributed by atoms with Crippen LogP contribution in [0.4, 0.5) is 5.13 Å². The molecule has 0 atom stereocenters. The molecule has 4 nitrogen and oxygen atoms in total. The molecular weight excluding hydrogens is 272 g/mol. The predicted molar refractivity (Wildman–Crippen MR) is 82.2 cm³/mol. The summed E-state index contributed by atoms with van der Waals surface area (Å²) in [7, 11) is 1.64. The van der Waals surface area contributed by atoms with Crippen LogP contribution >= 0.6 is 11.3 Å². The van der Waals surface area contributed by atoms with Gasteiger partial charge in [0.2, 0.25) is 5.91 Å². The van der Waals surface area contributed by atoms with Gasteiger partial charge in [-0.05, 0) is 18.1 Å². The van der Waals surface area contributed by atoms with E-state index in [1.165, 1.54) is 11.3 Å². The summed E-state index contributed by atoms with van der Waals surface area (Å²) in [6, 6.07) is 7.70. The number of anilines is 1. The van der Waals surface area contributed by atoms with Crippen LogP contribution < -0.4 is 10.1 Å². The normalized spacial score (nSPS) is 10.6. The molecule has 106 valence electrons. The van der Waals surface area contributed by atoms with Crippen LogP contribution in [0.1, 0.15) is 20.3 Å². The Bertz CT molecular complexity index is 593. The van der Waals surface area contributed by atoms with E-state index in [1.807, 2.05) is 43.5 Å². The molecule has 1 amide bonds. The maximum Gasteiger partial charge on any atom is 0.226 e. The quantitative estimate of drug-likeness (QED) is 0.911. The van der Waals surface area contributed by atoms with Crippen molar-refractivity contribution in [2.24, 2.45) is 5.92 Å². The second-order valence-corrected chi connectivity index (χ2v) is 5.74. The van der Waals surface area contributed by atoms with Crippen molar-refractivity contribution in [3.8, 4) is 17.0 Å². The summed E-state index contributed by atoms with van der Waals surface area (Å²) in [5.74, 6) is 1.11. The molecule has 20 heavy (non-hydrogen) atoms. The first kappa shape index (κ1) is 14.5. The molecule has 0 aliphatic rings. The molecule has 0 aliphatic heterocycles. The summed E-state index contributed by atoms with van der Waals surface area (Å²) in [6.45, 7) is 4.03. The van der Waals surface area contributed by atoms with Crippen molar-refractivity contribution in [2.75, 3.05) is 12.4 Å². The van der Waals surface area contributed by atoms with E-state index in [0.717, 1.165) is 17.0 Å². The van der Waals surface area contributed by atoms with Gasteiger partial charge in [-0.25, -0.2) is 4.98 Å². The highest BCUT2D eigenvalue weighted by atomic mass is 32.1. The zero-order chi connectivity index (χ0) is 14.5. The van der Waals surface area contributed by atoms with Crippen molar-refractivity contribution in [3.05, 3.63) is 29.6 Å². The first-order valence-electron chi connectivity index (χ1n) is 6.49. The van der Waals surface area contributed by atoms with Crippen molar-refractivity contribution in [2.45, 2.75) is 20.3 Å². The van der Waals surface area contributed by atoms with E-state index >= 15 is 0 Å². The molecule has 1 N–H and O–H groups in total. The van der Waals surface area contributed by atoms with Crippen LogP contribution in [-0.2, 0) is 4.79 Å². The molecule has 2 aromatic rings. The number of para-hydroxylation sites is 1. The summed E-state index contributed by atoms with van der Waals surface area (Å²) in [5.41, 5.74) is 1.74. The van der Waals surface area contributed by atoms with E-state index in [-0.39, 0.29) is 5.91 Å². The summed E-state index contributed by atoms with van der Waals surface area (Å²) in [5, 5.41) is 5.37. The largest absolute Gasteiger partial charge is 0.496 e. The van der Waals surface area contributed by atoms with E-state index in [1.54, 1.807) is 7.11 Å². The molecular formula is C15H18N2O2S. The number of benzene rings is 1. The third-order valence-corrected chi connectivity index (χ3v) is 3.48. The fourth-order valence-corrected chi connectivity index (χ4v) is 2.58. The van der Waals surface area contributed by atoms with E-state index in [4.69, 9.17) is 4.74 Å². The van der Waals surface area contributed by atoms with Crippen molar-refractivity contribution >= 4 is 22.4 Å². The SMILES string of the molecule is COc1ccccc1-c1csc(NC(=O)CC(C)C)n1. The lowest BCUT2D eigenvalue weighted by Crippen LogP contribution is -2.13. The Hall–Kier alpha value is -1.88. The van der Waals surface area contributed by atoms with E-state index < -0.39 is 0 Å². The maximum atomic E-state index is 11.7. The molecule has 1 aromatic carbocycles. The average Bonchev–Trinajstić information content (AvgIpc) is 2.85. The molecule has 0 fully saturated rings. The number of carbonyl (C=O) groups excluding carboxylic acids is 1. The highest BCUT2D eigenvalue weighted by Crippen LogP contribution is 2.31. The Balaban J connectivity index is 2.15. The number of aromatic nitrogens is 1. The summed E-state index contributed by atoms with van der Waals surface area (Å²) in [6.07, 6.45) is 0.504. The minimum Gasteiger partial charge on any atom is -0.496 e. The minimum atomic E-state index is 0.000858. The topological polar surface area (TPSA) is 51.2 Å². The number of nitrogens with zero attached hydrogens (tertiary/aromatic N) is 1. The van der Waals surface area contributed by atoms with Gasteiger partial charge in [-0.1, -0.05) is 26.0 Å². The van der Waals surface area contributed by atoms with Crippen LogP contribution in [0, 0.1) is 5.92 Å². The molecule has 0 aliphatic carbocycles. The first-order valence-corrected chi connectivity index (χ1v) is 7.37. The molecule has 1 aromatic heterocycles. The van der Waals surface area contributed by atoms with Gasteiger partial charge in [0.25, 0.3) is 0 Å². The molecule has 2 rings (SSSR count). The number of rotatable bonds is 5. The number of hydrogen-bond donors (Lipinski definition) is 1. The Kier molecular flexibility index (Phi) is 4.74. The van der Waals surface area contributed by atoms with Gasteiger partial charge in [-0.3, -0.25) is 4.79 Å². The second-order valence-electron chi connectivity index (χ2n) is 4.88. The third kappa shape index (κ3) is 3.57. The van der Waals surface area contributed by atoms with Crippen LogP contribution in [-0.4, -0.2) is 18.0 Å². The number of hydrogen-bond acceptors (Lipinski definition) is 4. The number of amides is 1. The Morgan fingerprint density at radius 2 is 2.15 bits per heavy atom. The molecule has 0 saturated heterocycles. The smallest absolute Gasteiger partial charge is 0.226 e. The monoisotopic (exact) mass is 290 g/mol. The molecule has 0 spiro atoms. The Morgan fingerprint density at radius 3 is 2.85 bits per heavy atom. The fraction of sp³-hybridized carbons (Fsp3) is 0.333. The minimum absolute atomic E-state index is 0.000858. The van der Waals surface area contributed by atoms with Gasteiger partial charge in [-0.2, -0.15) is 0 Å². The first-order chi connectivity index (χ1) is 9.60. The van der Waals surface area contributed by atoms with Crippen molar-refractivity contribution in [3.63, 3.8) is 0 Å². The van der Waals surface area contributed by atoms with Crippen LogP contribution in [0.5, 0.6) is 5.75 Å². The highest BCUT2D eigenvalue weighted by Gasteiger charge is 2.11. The van der Waals surface area contributed by atoms with Gasteiger partial charge < -0.3 is 10.1 Å². The van der Waals surface area contributed by atoms with Gasteiger partial charge in [0.1, 0.15) is 5.75 Å². The van der Waals surface area contributed by atoms with Crippen LogP contribution in [0.25, 0.3) is 11.3 Å². The van der Waals surface area contributed by atoms with Gasteiger partial charge in [0.15, 0.2) is 5.13 Å². The van der Waals surface area contributed by atoms with Crippen LogP contribution in [0.2, 0.25) is 0 Å². The molecule has 0 bridgehead atoms. The number of nitrogens with one attached hydrogen (secondary N) is 1. The van der Waals surface area contributed by atoms with Gasteiger partial charge in [0, 0.05) is 17.4 Å². The summed E-state index contributed by atoms with van der Waals surface area (Å²) < 4.78 is 5.32. The zero-order valence-corrected chi connectivity index (χ0v) is 12.7. The van der Waals surface area contributed by atoms with Crippen LogP contribution in [0.15, 0.2) is 29.6 Å². The standard InChI is InChI=1S/C15H18N2O2S/c1-10(2)8-14(18)17-15-16-12(9-20-15)11-6-4-5-7-13(11)19-3/h4-7,9-10H,8H2,1-3H3,(H,16,17,18). The van der Waals surface area contributed by atoms with Crippen molar-refractivity contribution in [1.82, 2.24) is 4.98 Å². The predicted octanol–water partition coefficient (Wildman–Crippen LogP) is 3.80. The van der Waals surface area contributed by atoms with Gasteiger partial charge in [-0.15, -0.1) is 11.3 Å².